The Bertz CT molecular complexity index is 328. The number of aromatic nitrogens is 3. The molecule has 1 aliphatic carbocycles. The van der Waals surface area contributed by atoms with Crippen LogP contribution in [-0.4, -0.2) is 38.7 Å². The Morgan fingerprint density at radius 1 is 1.67 bits per heavy atom. The summed E-state index contributed by atoms with van der Waals surface area (Å²) in [5.74, 6) is 0.797. The molecule has 1 aromatic heterocycles. The summed E-state index contributed by atoms with van der Waals surface area (Å²) in [6.45, 7) is 0. The number of ether oxygens (including phenoxy) is 1. The van der Waals surface area contributed by atoms with Crippen molar-refractivity contribution >= 4 is 0 Å². The van der Waals surface area contributed by atoms with Gasteiger partial charge in [0.2, 0.25) is 0 Å². The second-order valence-electron chi connectivity index (χ2n) is 4.14. The third-order valence-electron chi connectivity index (χ3n) is 3.39. The van der Waals surface area contributed by atoms with Gasteiger partial charge in [-0.15, -0.1) is 0 Å². The number of rotatable bonds is 4. The summed E-state index contributed by atoms with van der Waals surface area (Å²) < 4.78 is 7.10. The van der Waals surface area contributed by atoms with Crippen molar-refractivity contribution in [2.45, 2.75) is 37.4 Å². The quantitative estimate of drug-likeness (QED) is 0.777. The molecule has 15 heavy (non-hydrogen) atoms. The molecule has 84 valence electrons. The van der Waals surface area contributed by atoms with Crippen LogP contribution in [0.2, 0.25) is 0 Å². The molecule has 5 nitrogen and oxygen atoms in total. The number of hydrogen-bond acceptors (Lipinski definition) is 4. The first-order valence-electron chi connectivity index (χ1n) is 5.24. The maximum Gasteiger partial charge on any atom is 0.138 e. The van der Waals surface area contributed by atoms with Crippen molar-refractivity contribution in [3.63, 3.8) is 0 Å². The van der Waals surface area contributed by atoms with E-state index in [0.717, 1.165) is 25.1 Å². The average Bonchev–Trinajstić information content (AvgIpc) is 2.51. The van der Waals surface area contributed by atoms with E-state index in [1.54, 1.807) is 11.8 Å². The number of aliphatic hydroxyl groups is 1. The van der Waals surface area contributed by atoms with Crippen molar-refractivity contribution in [1.29, 1.82) is 0 Å². The maximum absolute atomic E-state index is 10.1. The molecule has 1 saturated carbocycles. The van der Waals surface area contributed by atoms with Crippen molar-refractivity contribution in [1.82, 2.24) is 14.8 Å². The molecule has 1 unspecified atom stereocenters. The fourth-order valence-electron chi connectivity index (χ4n) is 2.06. The summed E-state index contributed by atoms with van der Waals surface area (Å²) in [4.78, 5) is 4.10. The van der Waals surface area contributed by atoms with Crippen LogP contribution in [0.4, 0.5) is 0 Å². The van der Waals surface area contributed by atoms with Crippen molar-refractivity contribution < 1.29 is 9.84 Å². The number of aliphatic hydroxyl groups excluding tert-OH is 1. The van der Waals surface area contributed by atoms with E-state index in [1.807, 2.05) is 7.05 Å². The molecule has 1 aromatic rings. The molecular formula is C10H17N3O2. The van der Waals surface area contributed by atoms with Gasteiger partial charge in [-0.25, -0.2) is 4.98 Å². The first-order valence-corrected chi connectivity index (χ1v) is 5.24. The van der Waals surface area contributed by atoms with Crippen LogP contribution in [0.1, 0.15) is 25.1 Å². The van der Waals surface area contributed by atoms with Crippen molar-refractivity contribution in [3.8, 4) is 0 Å². The Morgan fingerprint density at radius 2 is 2.40 bits per heavy atom. The Hall–Kier alpha value is -0.940. The van der Waals surface area contributed by atoms with E-state index in [2.05, 4.69) is 10.1 Å². The van der Waals surface area contributed by atoms with E-state index in [4.69, 9.17) is 4.74 Å². The predicted octanol–water partition coefficient (Wildman–Crippen LogP) is 0.288. The van der Waals surface area contributed by atoms with Gasteiger partial charge in [0, 0.05) is 20.6 Å². The molecule has 1 aliphatic rings. The highest BCUT2D eigenvalue weighted by Crippen LogP contribution is 2.38. The van der Waals surface area contributed by atoms with Crippen LogP contribution in [0.25, 0.3) is 0 Å². The number of nitrogens with zero attached hydrogens (tertiary/aromatic N) is 3. The van der Waals surface area contributed by atoms with Gasteiger partial charge in [0.05, 0.1) is 11.7 Å². The second-order valence-corrected chi connectivity index (χ2v) is 4.14. The van der Waals surface area contributed by atoms with Crippen molar-refractivity contribution in [3.05, 3.63) is 12.2 Å². The molecule has 1 fully saturated rings. The van der Waals surface area contributed by atoms with Crippen LogP contribution in [0.3, 0.4) is 0 Å². The third kappa shape index (κ3) is 1.77. The zero-order valence-electron chi connectivity index (χ0n) is 9.18. The Kier molecular flexibility index (Phi) is 2.75. The van der Waals surface area contributed by atoms with Gasteiger partial charge in [-0.3, -0.25) is 4.68 Å². The number of methoxy groups -OCH3 is 1. The predicted molar refractivity (Wildman–Crippen MR) is 54.3 cm³/mol. The average molecular weight is 211 g/mol. The standard InChI is InChI=1S/C10H17N3O2/c1-13-9(11-7-12-13)6-8(14)10(15-2)4-3-5-10/h7-8,14H,3-6H2,1-2H3. The Labute approximate surface area is 89.1 Å². The summed E-state index contributed by atoms with van der Waals surface area (Å²) in [7, 11) is 3.49. The third-order valence-corrected chi connectivity index (χ3v) is 3.39. The fourth-order valence-corrected chi connectivity index (χ4v) is 2.06. The molecule has 1 N–H and O–H groups in total. The second kappa shape index (κ2) is 3.90. The molecule has 0 radical (unpaired) electrons. The van der Waals surface area contributed by atoms with Crippen molar-refractivity contribution in [2.24, 2.45) is 7.05 Å². The highest BCUT2D eigenvalue weighted by atomic mass is 16.5. The molecule has 2 rings (SSSR count). The van der Waals surface area contributed by atoms with E-state index < -0.39 is 6.10 Å². The first-order chi connectivity index (χ1) is 7.18. The molecule has 0 amide bonds. The van der Waals surface area contributed by atoms with Crippen LogP contribution in [0.15, 0.2) is 6.33 Å². The van der Waals surface area contributed by atoms with Gasteiger partial charge < -0.3 is 9.84 Å². The zero-order valence-corrected chi connectivity index (χ0v) is 9.18. The number of hydrogen-bond donors (Lipinski definition) is 1. The lowest BCUT2D eigenvalue weighted by molar-refractivity contribution is -0.149. The smallest absolute Gasteiger partial charge is 0.138 e. The highest BCUT2D eigenvalue weighted by molar-refractivity contribution is 5.00. The van der Waals surface area contributed by atoms with E-state index in [-0.39, 0.29) is 5.60 Å². The normalized spacial score (nSPS) is 21.0. The lowest BCUT2D eigenvalue weighted by Crippen LogP contribution is -2.51. The molecule has 0 spiro atoms. The van der Waals surface area contributed by atoms with E-state index in [9.17, 15) is 5.11 Å². The topological polar surface area (TPSA) is 60.2 Å². The molecule has 1 heterocycles. The fraction of sp³-hybridized carbons (Fsp3) is 0.800. The van der Waals surface area contributed by atoms with Gasteiger partial charge in [0.25, 0.3) is 0 Å². The summed E-state index contributed by atoms with van der Waals surface area (Å²) in [6.07, 6.45) is 4.51. The minimum Gasteiger partial charge on any atom is -0.390 e. The summed E-state index contributed by atoms with van der Waals surface area (Å²) in [5, 5.41) is 14.1. The SMILES string of the molecule is COC1(C(O)Cc2ncnn2C)CCC1. The van der Waals surface area contributed by atoms with Gasteiger partial charge >= 0.3 is 0 Å². The van der Waals surface area contributed by atoms with E-state index in [1.165, 1.54) is 6.33 Å². The molecule has 1 atom stereocenters. The minimum absolute atomic E-state index is 0.341. The van der Waals surface area contributed by atoms with Crippen LogP contribution in [-0.2, 0) is 18.2 Å². The largest absolute Gasteiger partial charge is 0.390 e. The van der Waals surface area contributed by atoms with Gasteiger partial charge in [-0.2, -0.15) is 5.10 Å². The van der Waals surface area contributed by atoms with Crippen LogP contribution < -0.4 is 0 Å². The van der Waals surface area contributed by atoms with Gasteiger partial charge in [0.15, 0.2) is 0 Å². The Balaban J connectivity index is 2.03. The molecular weight excluding hydrogens is 194 g/mol. The van der Waals surface area contributed by atoms with E-state index >= 15 is 0 Å². The van der Waals surface area contributed by atoms with E-state index in [0.29, 0.717) is 6.42 Å². The van der Waals surface area contributed by atoms with Crippen LogP contribution in [0, 0.1) is 0 Å². The van der Waals surface area contributed by atoms with Gasteiger partial charge in [-0.05, 0) is 19.3 Å². The van der Waals surface area contributed by atoms with Crippen molar-refractivity contribution in [2.75, 3.05) is 7.11 Å². The molecule has 0 saturated heterocycles. The maximum atomic E-state index is 10.1. The summed E-state index contributed by atoms with van der Waals surface area (Å²) in [6, 6.07) is 0. The van der Waals surface area contributed by atoms with Gasteiger partial charge in [0.1, 0.15) is 12.2 Å². The highest BCUT2D eigenvalue weighted by Gasteiger charge is 2.44. The summed E-state index contributed by atoms with van der Waals surface area (Å²) in [5.41, 5.74) is -0.341. The first kappa shape index (κ1) is 10.6. The number of aryl methyl sites for hydroxylation is 1. The molecule has 0 aliphatic heterocycles. The monoisotopic (exact) mass is 211 g/mol. The molecule has 5 heteroatoms. The minimum atomic E-state index is -0.487. The van der Waals surface area contributed by atoms with Crippen LogP contribution in [0.5, 0.6) is 0 Å². The molecule has 0 aromatic carbocycles. The van der Waals surface area contributed by atoms with Crippen LogP contribution >= 0.6 is 0 Å². The molecule has 0 bridgehead atoms. The zero-order chi connectivity index (χ0) is 10.9. The Morgan fingerprint density at radius 3 is 2.80 bits per heavy atom. The lowest BCUT2D eigenvalue weighted by Gasteiger charge is -2.43. The lowest BCUT2D eigenvalue weighted by atomic mass is 9.75. The van der Waals surface area contributed by atoms with Gasteiger partial charge in [-0.1, -0.05) is 0 Å². The summed E-state index contributed by atoms with van der Waals surface area (Å²) >= 11 is 0.